The Morgan fingerprint density at radius 2 is 1.88 bits per heavy atom. The molecule has 1 atom stereocenters. The number of aryl methyl sites for hydroxylation is 1. The highest BCUT2D eigenvalue weighted by Gasteiger charge is 2.23. The SMILES string of the molecule is CC(C)C(N)CCc1ccc(OC2CC2)cc1. The molecule has 1 fully saturated rings. The van der Waals surface area contributed by atoms with Crippen LogP contribution in [0.4, 0.5) is 0 Å². The van der Waals surface area contributed by atoms with Crippen molar-refractivity contribution in [1.29, 1.82) is 0 Å². The number of nitrogens with two attached hydrogens (primary N) is 1. The molecule has 1 saturated carbocycles. The Bertz CT molecular complexity index is 340. The van der Waals surface area contributed by atoms with E-state index in [4.69, 9.17) is 10.5 Å². The fourth-order valence-corrected chi connectivity index (χ4v) is 1.78. The van der Waals surface area contributed by atoms with Crippen LogP contribution in [0, 0.1) is 5.92 Å². The van der Waals surface area contributed by atoms with Gasteiger partial charge in [-0.25, -0.2) is 0 Å². The molecule has 1 aliphatic rings. The van der Waals surface area contributed by atoms with Gasteiger partial charge in [0.05, 0.1) is 6.10 Å². The fraction of sp³-hybridized carbons (Fsp3) is 0.600. The monoisotopic (exact) mass is 233 g/mol. The van der Waals surface area contributed by atoms with Crippen LogP contribution in [0.3, 0.4) is 0 Å². The van der Waals surface area contributed by atoms with Gasteiger partial charge < -0.3 is 10.5 Å². The van der Waals surface area contributed by atoms with E-state index in [0.29, 0.717) is 18.1 Å². The largest absolute Gasteiger partial charge is 0.490 e. The van der Waals surface area contributed by atoms with Crippen LogP contribution in [-0.2, 0) is 6.42 Å². The van der Waals surface area contributed by atoms with Crippen molar-refractivity contribution < 1.29 is 4.74 Å². The first-order valence-corrected chi connectivity index (χ1v) is 6.66. The summed E-state index contributed by atoms with van der Waals surface area (Å²) in [4.78, 5) is 0. The van der Waals surface area contributed by atoms with Gasteiger partial charge in [-0.3, -0.25) is 0 Å². The average molecular weight is 233 g/mol. The molecule has 0 aliphatic heterocycles. The lowest BCUT2D eigenvalue weighted by atomic mass is 9.98. The molecule has 0 saturated heterocycles. The van der Waals surface area contributed by atoms with Crippen LogP contribution in [0.1, 0.15) is 38.7 Å². The van der Waals surface area contributed by atoms with E-state index < -0.39 is 0 Å². The van der Waals surface area contributed by atoms with Crippen molar-refractivity contribution >= 4 is 0 Å². The lowest BCUT2D eigenvalue weighted by Crippen LogP contribution is -2.26. The molecule has 2 rings (SSSR count). The van der Waals surface area contributed by atoms with E-state index in [-0.39, 0.29) is 0 Å². The van der Waals surface area contributed by atoms with Crippen LogP contribution < -0.4 is 10.5 Å². The van der Waals surface area contributed by atoms with Gasteiger partial charge in [0.15, 0.2) is 0 Å². The second-order valence-electron chi connectivity index (χ2n) is 5.41. The maximum absolute atomic E-state index is 6.04. The zero-order chi connectivity index (χ0) is 12.3. The smallest absolute Gasteiger partial charge is 0.119 e. The van der Waals surface area contributed by atoms with Crippen molar-refractivity contribution in [3.63, 3.8) is 0 Å². The molecule has 0 aromatic heterocycles. The normalized spacial score (nSPS) is 17.2. The van der Waals surface area contributed by atoms with Crippen LogP contribution in [0.15, 0.2) is 24.3 Å². The Hall–Kier alpha value is -1.02. The molecule has 0 amide bonds. The fourth-order valence-electron chi connectivity index (χ4n) is 1.78. The first kappa shape index (κ1) is 12.4. The number of ether oxygens (including phenoxy) is 1. The molecule has 1 aliphatic carbocycles. The van der Waals surface area contributed by atoms with E-state index in [2.05, 4.69) is 38.1 Å². The Morgan fingerprint density at radius 3 is 2.41 bits per heavy atom. The molecular weight excluding hydrogens is 210 g/mol. The maximum Gasteiger partial charge on any atom is 0.119 e. The summed E-state index contributed by atoms with van der Waals surface area (Å²) in [5.41, 5.74) is 7.39. The molecule has 1 aromatic rings. The first-order chi connectivity index (χ1) is 8.15. The molecule has 2 heteroatoms. The summed E-state index contributed by atoms with van der Waals surface area (Å²) in [5, 5.41) is 0. The highest BCUT2D eigenvalue weighted by Crippen LogP contribution is 2.26. The van der Waals surface area contributed by atoms with Crippen molar-refractivity contribution in [3.8, 4) is 5.75 Å². The van der Waals surface area contributed by atoms with Gasteiger partial charge in [0.1, 0.15) is 5.75 Å². The van der Waals surface area contributed by atoms with Crippen molar-refractivity contribution in [2.45, 2.75) is 51.7 Å². The third-order valence-electron chi connectivity index (χ3n) is 3.37. The second-order valence-corrected chi connectivity index (χ2v) is 5.41. The van der Waals surface area contributed by atoms with Crippen molar-refractivity contribution in [3.05, 3.63) is 29.8 Å². The number of rotatable bonds is 6. The maximum atomic E-state index is 6.04. The van der Waals surface area contributed by atoms with E-state index in [9.17, 15) is 0 Å². The highest BCUT2D eigenvalue weighted by atomic mass is 16.5. The summed E-state index contributed by atoms with van der Waals surface area (Å²) in [6, 6.07) is 8.77. The van der Waals surface area contributed by atoms with Crippen LogP contribution in [0.5, 0.6) is 5.75 Å². The van der Waals surface area contributed by atoms with E-state index >= 15 is 0 Å². The van der Waals surface area contributed by atoms with Crippen molar-refractivity contribution in [1.82, 2.24) is 0 Å². The molecule has 0 heterocycles. The van der Waals surface area contributed by atoms with Gasteiger partial charge in [-0.1, -0.05) is 26.0 Å². The molecule has 94 valence electrons. The Balaban J connectivity index is 1.80. The van der Waals surface area contributed by atoms with Crippen LogP contribution >= 0.6 is 0 Å². The topological polar surface area (TPSA) is 35.2 Å². The molecule has 0 bridgehead atoms. The highest BCUT2D eigenvalue weighted by molar-refractivity contribution is 5.28. The van der Waals surface area contributed by atoms with Crippen LogP contribution in [0.25, 0.3) is 0 Å². The summed E-state index contributed by atoms with van der Waals surface area (Å²) >= 11 is 0. The lowest BCUT2D eigenvalue weighted by Gasteiger charge is -2.15. The van der Waals surface area contributed by atoms with Gasteiger partial charge in [0, 0.05) is 6.04 Å². The molecule has 1 aromatic carbocycles. The quantitative estimate of drug-likeness (QED) is 0.819. The van der Waals surface area contributed by atoms with E-state index in [1.54, 1.807) is 0 Å². The number of hydrogen-bond donors (Lipinski definition) is 1. The third kappa shape index (κ3) is 4.04. The minimum absolute atomic E-state index is 0.303. The van der Waals surface area contributed by atoms with Crippen molar-refractivity contribution in [2.75, 3.05) is 0 Å². The first-order valence-electron chi connectivity index (χ1n) is 6.66. The molecular formula is C15H23NO. The summed E-state index contributed by atoms with van der Waals surface area (Å²) in [7, 11) is 0. The molecule has 2 nitrogen and oxygen atoms in total. The Kier molecular flexibility index (Phi) is 4.06. The second kappa shape index (κ2) is 5.54. The van der Waals surface area contributed by atoms with E-state index in [1.165, 1.54) is 18.4 Å². The van der Waals surface area contributed by atoms with Crippen LogP contribution in [0.2, 0.25) is 0 Å². The molecule has 2 N–H and O–H groups in total. The van der Waals surface area contributed by atoms with Crippen LogP contribution in [-0.4, -0.2) is 12.1 Å². The average Bonchev–Trinajstić information content (AvgIpc) is 3.11. The van der Waals surface area contributed by atoms with E-state index in [0.717, 1.165) is 18.6 Å². The predicted octanol–water partition coefficient (Wildman–Crippen LogP) is 3.14. The Labute approximate surface area is 104 Å². The van der Waals surface area contributed by atoms with Gasteiger partial charge >= 0.3 is 0 Å². The predicted molar refractivity (Wildman–Crippen MR) is 71.2 cm³/mol. The molecule has 1 unspecified atom stereocenters. The van der Waals surface area contributed by atoms with Gasteiger partial charge in [-0.2, -0.15) is 0 Å². The number of benzene rings is 1. The summed E-state index contributed by atoms with van der Waals surface area (Å²) in [6.45, 7) is 4.36. The van der Waals surface area contributed by atoms with Crippen molar-refractivity contribution in [2.24, 2.45) is 11.7 Å². The van der Waals surface area contributed by atoms with Gasteiger partial charge in [-0.15, -0.1) is 0 Å². The van der Waals surface area contributed by atoms with E-state index in [1.807, 2.05) is 0 Å². The third-order valence-corrected chi connectivity index (χ3v) is 3.37. The minimum atomic E-state index is 0.303. The lowest BCUT2D eigenvalue weighted by molar-refractivity contribution is 0.303. The van der Waals surface area contributed by atoms with Gasteiger partial charge in [-0.05, 0) is 49.3 Å². The van der Waals surface area contributed by atoms with Gasteiger partial charge in [0.25, 0.3) is 0 Å². The summed E-state index contributed by atoms with van der Waals surface area (Å²) < 4.78 is 5.72. The zero-order valence-corrected chi connectivity index (χ0v) is 10.9. The number of hydrogen-bond acceptors (Lipinski definition) is 2. The summed E-state index contributed by atoms with van der Waals surface area (Å²) in [5.74, 6) is 1.57. The minimum Gasteiger partial charge on any atom is -0.490 e. The Morgan fingerprint density at radius 1 is 1.24 bits per heavy atom. The molecule has 0 radical (unpaired) electrons. The molecule has 17 heavy (non-hydrogen) atoms. The standard InChI is InChI=1S/C15H23NO/c1-11(2)15(16)10-5-12-3-6-13(7-4-12)17-14-8-9-14/h3-4,6-7,11,14-15H,5,8-10,16H2,1-2H3. The summed E-state index contributed by atoms with van der Waals surface area (Å²) in [6.07, 6.45) is 5.02. The zero-order valence-electron chi connectivity index (χ0n) is 10.9. The molecule has 0 spiro atoms. The van der Waals surface area contributed by atoms with Gasteiger partial charge in [0.2, 0.25) is 0 Å².